The van der Waals surface area contributed by atoms with Crippen LogP contribution in [0.1, 0.15) is 53.8 Å². The van der Waals surface area contributed by atoms with Crippen molar-refractivity contribution in [1.82, 2.24) is 15.1 Å². The molecule has 0 bridgehead atoms. The van der Waals surface area contributed by atoms with Crippen LogP contribution in [0.5, 0.6) is 0 Å². The second-order valence-corrected chi connectivity index (χ2v) is 8.45. The molecule has 1 aromatic heterocycles. The number of aromatic amines is 1. The largest absolute Gasteiger partial charge is 0.377 e. The van der Waals surface area contributed by atoms with Gasteiger partial charge in [-0.2, -0.15) is 5.10 Å². The van der Waals surface area contributed by atoms with Gasteiger partial charge in [-0.25, -0.2) is 0 Å². The summed E-state index contributed by atoms with van der Waals surface area (Å²) in [6.07, 6.45) is 5.07. The molecule has 0 aliphatic carbocycles. The number of nitrogens with one attached hydrogen (secondary N) is 1. The van der Waals surface area contributed by atoms with Gasteiger partial charge in [0.2, 0.25) is 0 Å². The van der Waals surface area contributed by atoms with Crippen LogP contribution in [-0.4, -0.2) is 52.9 Å². The van der Waals surface area contributed by atoms with E-state index in [4.69, 9.17) is 9.47 Å². The van der Waals surface area contributed by atoms with Crippen molar-refractivity contribution in [1.29, 1.82) is 0 Å². The number of H-pyrrole nitrogens is 1. The Morgan fingerprint density at radius 1 is 1.31 bits per heavy atom. The van der Waals surface area contributed by atoms with Gasteiger partial charge in [0.05, 0.1) is 12.2 Å². The van der Waals surface area contributed by atoms with Gasteiger partial charge in [-0.15, -0.1) is 0 Å². The number of hydrogen-bond donors (Lipinski definition) is 1. The first-order valence-electron chi connectivity index (χ1n) is 10.7. The average Bonchev–Trinajstić information content (AvgIpc) is 3.19. The molecule has 4 rings (SSSR count). The van der Waals surface area contributed by atoms with Crippen molar-refractivity contribution >= 4 is 5.91 Å². The number of carbonyl (C=O) groups is 1. The third kappa shape index (κ3) is 5.06. The Kier molecular flexibility index (Phi) is 6.31. The summed E-state index contributed by atoms with van der Waals surface area (Å²) in [5.41, 5.74) is 2.58. The van der Waals surface area contributed by atoms with Crippen molar-refractivity contribution in [2.24, 2.45) is 5.92 Å². The molecule has 1 atom stereocenters. The van der Waals surface area contributed by atoms with Gasteiger partial charge in [-0.05, 0) is 56.6 Å². The minimum absolute atomic E-state index is 0.0193. The van der Waals surface area contributed by atoms with Crippen molar-refractivity contribution in [2.75, 3.05) is 26.3 Å². The first-order valence-corrected chi connectivity index (χ1v) is 10.7. The zero-order valence-electron chi connectivity index (χ0n) is 17.2. The number of rotatable bonds is 6. The van der Waals surface area contributed by atoms with E-state index < -0.39 is 0 Å². The third-order valence-electron chi connectivity index (χ3n) is 6.26. The van der Waals surface area contributed by atoms with Gasteiger partial charge in [0.1, 0.15) is 5.69 Å². The van der Waals surface area contributed by atoms with Crippen LogP contribution in [-0.2, 0) is 16.1 Å². The first kappa shape index (κ1) is 20.1. The summed E-state index contributed by atoms with van der Waals surface area (Å²) in [6, 6.07) is 12.1. The first-order chi connectivity index (χ1) is 14.1. The third-order valence-corrected chi connectivity index (χ3v) is 6.26. The van der Waals surface area contributed by atoms with E-state index in [0.29, 0.717) is 18.2 Å². The van der Waals surface area contributed by atoms with Crippen molar-refractivity contribution in [3.63, 3.8) is 0 Å². The zero-order chi connectivity index (χ0) is 20.1. The molecule has 2 aliphatic rings. The lowest BCUT2D eigenvalue weighted by molar-refractivity contribution is -0.126. The number of likely N-dealkylation sites (tertiary alicyclic amines) is 1. The molecule has 6 nitrogen and oxygen atoms in total. The van der Waals surface area contributed by atoms with Crippen LogP contribution in [0.3, 0.4) is 0 Å². The Morgan fingerprint density at radius 3 is 2.83 bits per heavy atom. The van der Waals surface area contributed by atoms with Gasteiger partial charge >= 0.3 is 0 Å². The van der Waals surface area contributed by atoms with E-state index in [1.54, 1.807) is 0 Å². The Hall–Kier alpha value is -2.18. The van der Waals surface area contributed by atoms with Crippen molar-refractivity contribution in [2.45, 2.75) is 51.2 Å². The van der Waals surface area contributed by atoms with Crippen LogP contribution < -0.4 is 0 Å². The number of piperidine rings is 1. The van der Waals surface area contributed by atoms with Gasteiger partial charge in [-0.1, -0.05) is 30.3 Å². The maximum atomic E-state index is 12.6. The van der Waals surface area contributed by atoms with E-state index in [2.05, 4.69) is 22.3 Å². The van der Waals surface area contributed by atoms with Crippen molar-refractivity contribution in [3.8, 4) is 0 Å². The van der Waals surface area contributed by atoms with Crippen molar-refractivity contribution in [3.05, 3.63) is 53.3 Å². The number of carbonyl (C=O) groups excluding carboxylic acids is 1. The highest BCUT2D eigenvalue weighted by Crippen LogP contribution is 2.39. The molecule has 1 unspecified atom stereocenters. The van der Waals surface area contributed by atoms with Crippen LogP contribution in [0.2, 0.25) is 0 Å². The molecule has 1 aromatic carbocycles. The zero-order valence-corrected chi connectivity index (χ0v) is 17.2. The highest BCUT2D eigenvalue weighted by Gasteiger charge is 2.41. The number of ether oxygens (including phenoxy) is 2. The molecule has 29 heavy (non-hydrogen) atoms. The van der Waals surface area contributed by atoms with Gasteiger partial charge < -0.3 is 14.4 Å². The Labute approximate surface area is 172 Å². The standard InChI is InChI=1S/C23H31N3O3/c1-18-15-21(25-24-18)22(27)26-11-9-23(10-12-26)16-19(8-14-29-23)7-13-28-17-20-5-3-2-4-6-20/h2-6,15,19H,7-14,16-17H2,1H3,(H,24,25). The molecule has 2 aromatic rings. The van der Waals surface area contributed by atoms with E-state index in [-0.39, 0.29) is 11.5 Å². The quantitative estimate of drug-likeness (QED) is 0.755. The Bertz CT molecular complexity index is 797. The molecule has 2 saturated heterocycles. The van der Waals surface area contributed by atoms with Crippen molar-refractivity contribution < 1.29 is 14.3 Å². The summed E-state index contributed by atoms with van der Waals surface area (Å²) in [6.45, 7) is 5.67. The van der Waals surface area contributed by atoms with E-state index in [1.807, 2.05) is 36.1 Å². The molecule has 2 fully saturated rings. The summed E-state index contributed by atoms with van der Waals surface area (Å²) in [5, 5.41) is 6.96. The summed E-state index contributed by atoms with van der Waals surface area (Å²) in [7, 11) is 0. The summed E-state index contributed by atoms with van der Waals surface area (Å²) >= 11 is 0. The molecular weight excluding hydrogens is 366 g/mol. The Balaban J connectivity index is 1.22. The van der Waals surface area contributed by atoms with Gasteiger partial charge in [0.15, 0.2) is 0 Å². The fourth-order valence-corrected chi connectivity index (χ4v) is 4.55. The molecule has 1 amide bonds. The van der Waals surface area contributed by atoms with Crippen LogP contribution in [0.15, 0.2) is 36.4 Å². The number of hydrogen-bond acceptors (Lipinski definition) is 4. The maximum Gasteiger partial charge on any atom is 0.274 e. The van der Waals surface area contributed by atoms with Crippen LogP contribution >= 0.6 is 0 Å². The predicted octanol–water partition coefficient (Wildman–Crippen LogP) is 3.73. The second kappa shape index (κ2) is 9.09. The molecule has 156 valence electrons. The molecule has 0 saturated carbocycles. The SMILES string of the molecule is Cc1cc(C(=O)N2CCC3(CC2)CC(CCOCc2ccccc2)CCO3)n[nH]1. The normalized spacial score (nSPS) is 21.4. The smallest absolute Gasteiger partial charge is 0.274 e. The molecule has 1 spiro atoms. The molecule has 3 heterocycles. The fourth-order valence-electron chi connectivity index (χ4n) is 4.55. The number of amides is 1. The van der Waals surface area contributed by atoms with Gasteiger partial charge in [-0.3, -0.25) is 9.89 Å². The van der Waals surface area contributed by atoms with Crippen LogP contribution in [0, 0.1) is 12.8 Å². The highest BCUT2D eigenvalue weighted by atomic mass is 16.5. The summed E-state index contributed by atoms with van der Waals surface area (Å²) in [4.78, 5) is 14.5. The number of benzene rings is 1. The predicted molar refractivity (Wildman–Crippen MR) is 111 cm³/mol. The lowest BCUT2D eigenvalue weighted by Crippen LogP contribution is -2.51. The van der Waals surface area contributed by atoms with E-state index >= 15 is 0 Å². The lowest BCUT2D eigenvalue weighted by Gasteiger charge is -2.46. The Morgan fingerprint density at radius 2 is 2.10 bits per heavy atom. The molecule has 1 N–H and O–H groups in total. The number of aryl methyl sites for hydroxylation is 1. The topological polar surface area (TPSA) is 67.5 Å². The van der Waals surface area contributed by atoms with E-state index in [9.17, 15) is 4.79 Å². The van der Waals surface area contributed by atoms with Gasteiger partial charge in [0.25, 0.3) is 5.91 Å². The van der Waals surface area contributed by atoms with Crippen LogP contribution in [0.4, 0.5) is 0 Å². The maximum absolute atomic E-state index is 12.6. The fraction of sp³-hybridized carbons (Fsp3) is 0.565. The average molecular weight is 398 g/mol. The van der Waals surface area contributed by atoms with Crippen LogP contribution in [0.25, 0.3) is 0 Å². The van der Waals surface area contributed by atoms with E-state index in [1.165, 1.54) is 5.56 Å². The minimum Gasteiger partial charge on any atom is -0.377 e. The minimum atomic E-state index is -0.0688. The lowest BCUT2D eigenvalue weighted by atomic mass is 9.78. The monoisotopic (exact) mass is 397 g/mol. The summed E-state index contributed by atoms with van der Waals surface area (Å²) in [5.74, 6) is 0.654. The second-order valence-electron chi connectivity index (χ2n) is 8.45. The molecule has 6 heteroatoms. The molecular formula is C23H31N3O3. The van der Waals surface area contributed by atoms with E-state index in [0.717, 1.165) is 64.1 Å². The molecule has 0 radical (unpaired) electrons. The van der Waals surface area contributed by atoms with Gasteiger partial charge in [0, 0.05) is 32.0 Å². The highest BCUT2D eigenvalue weighted by molar-refractivity contribution is 5.92. The number of nitrogens with zero attached hydrogens (tertiary/aromatic N) is 2. The summed E-state index contributed by atoms with van der Waals surface area (Å²) < 4.78 is 12.1. The molecule has 2 aliphatic heterocycles. The number of aromatic nitrogens is 2.